The third-order valence-corrected chi connectivity index (χ3v) is 3.58. The van der Waals surface area contributed by atoms with Gasteiger partial charge in [0.05, 0.1) is 27.4 Å². The second-order valence-corrected chi connectivity index (χ2v) is 5.11. The summed E-state index contributed by atoms with van der Waals surface area (Å²) in [4.78, 5) is 12.2. The molecular formula is C16H19F2N3O4. The average molecular weight is 355 g/mol. The van der Waals surface area contributed by atoms with Crippen LogP contribution in [0.15, 0.2) is 24.4 Å². The number of aromatic nitrogens is 2. The van der Waals surface area contributed by atoms with E-state index in [1.54, 1.807) is 19.1 Å². The van der Waals surface area contributed by atoms with Crippen molar-refractivity contribution in [3.63, 3.8) is 0 Å². The quantitative estimate of drug-likeness (QED) is 0.827. The number of methoxy groups -OCH3 is 3. The van der Waals surface area contributed by atoms with Gasteiger partial charge in [0.25, 0.3) is 5.91 Å². The molecule has 2 rings (SSSR count). The van der Waals surface area contributed by atoms with Crippen LogP contribution in [0, 0.1) is 0 Å². The molecule has 1 amide bonds. The number of alkyl halides is 2. The van der Waals surface area contributed by atoms with Crippen LogP contribution in [0.5, 0.6) is 17.2 Å². The molecule has 0 unspecified atom stereocenters. The number of ether oxygens (including phenoxy) is 3. The van der Waals surface area contributed by atoms with Crippen LogP contribution in [0.25, 0.3) is 0 Å². The second-order valence-electron chi connectivity index (χ2n) is 5.11. The largest absolute Gasteiger partial charge is 0.493 e. The molecule has 0 aliphatic heterocycles. The molecule has 0 aliphatic carbocycles. The molecule has 1 heterocycles. The fourth-order valence-corrected chi connectivity index (χ4v) is 2.27. The van der Waals surface area contributed by atoms with Gasteiger partial charge in [-0.15, -0.1) is 0 Å². The molecule has 0 fully saturated rings. The van der Waals surface area contributed by atoms with Crippen molar-refractivity contribution in [2.24, 2.45) is 0 Å². The van der Waals surface area contributed by atoms with Gasteiger partial charge in [0, 0.05) is 6.20 Å². The molecule has 0 saturated heterocycles. The minimum Gasteiger partial charge on any atom is -0.493 e. The number of amides is 1. The van der Waals surface area contributed by atoms with Gasteiger partial charge in [-0.1, -0.05) is 0 Å². The van der Waals surface area contributed by atoms with E-state index in [1.165, 1.54) is 27.4 Å². The van der Waals surface area contributed by atoms with E-state index < -0.39 is 18.5 Å². The lowest BCUT2D eigenvalue weighted by molar-refractivity contribution is 0.0559. The molecule has 9 heteroatoms. The highest BCUT2D eigenvalue weighted by molar-refractivity contribution is 5.92. The molecule has 0 spiro atoms. The molecule has 1 aromatic heterocycles. The Labute approximate surface area is 143 Å². The van der Waals surface area contributed by atoms with Gasteiger partial charge in [0.2, 0.25) is 5.75 Å². The van der Waals surface area contributed by atoms with Crippen molar-refractivity contribution in [1.29, 1.82) is 0 Å². The Hall–Kier alpha value is -2.84. The zero-order chi connectivity index (χ0) is 18.6. The van der Waals surface area contributed by atoms with Crippen LogP contribution in [0.4, 0.5) is 8.78 Å². The number of nitrogens with one attached hydrogen (secondary N) is 1. The summed E-state index contributed by atoms with van der Waals surface area (Å²) in [5.74, 6) is 0.753. The summed E-state index contributed by atoms with van der Waals surface area (Å²) in [5.41, 5.74) is 0.593. The SMILES string of the molecule is COc1cc([C@@H](C)NC(=O)c2ccn(C(F)F)n2)cc(OC)c1OC. The number of carbonyl (C=O) groups excluding carboxylic acids is 1. The molecule has 0 aliphatic rings. The summed E-state index contributed by atoms with van der Waals surface area (Å²) in [7, 11) is 4.47. The number of carbonyl (C=O) groups is 1. The van der Waals surface area contributed by atoms with E-state index >= 15 is 0 Å². The lowest BCUT2D eigenvalue weighted by Crippen LogP contribution is -2.27. The van der Waals surface area contributed by atoms with E-state index in [-0.39, 0.29) is 5.69 Å². The first-order valence-electron chi connectivity index (χ1n) is 7.35. The van der Waals surface area contributed by atoms with Crippen LogP contribution in [0.3, 0.4) is 0 Å². The summed E-state index contributed by atoms with van der Waals surface area (Å²) in [6.45, 7) is -1.06. The number of halogens is 2. The Balaban J connectivity index is 2.22. The molecule has 1 N–H and O–H groups in total. The molecule has 0 bridgehead atoms. The summed E-state index contributed by atoms with van der Waals surface area (Å²) >= 11 is 0. The standard InChI is InChI=1S/C16H19F2N3O4/c1-9(19-15(22)11-5-6-21(20-11)16(17)18)10-7-12(23-2)14(25-4)13(8-10)24-3/h5-9,16H,1-4H3,(H,19,22)/t9-/m1/s1. The molecule has 1 atom stereocenters. The van der Waals surface area contributed by atoms with E-state index in [4.69, 9.17) is 14.2 Å². The number of hydrogen-bond acceptors (Lipinski definition) is 5. The average Bonchev–Trinajstić information content (AvgIpc) is 3.10. The monoisotopic (exact) mass is 355 g/mol. The Morgan fingerprint density at radius 1 is 1.16 bits per heavy atom. The van der Waals surface area contributed by atoms with Crippen molar-refractivity contribution in [3.8, 4) is 17.2 Å². The van der Waals surface area contributed by atoms with E-state index in [2.05, 4.69) is 10.4 Å². The first-order chi connectivity index (χ1) is 11.9. The Morgan fingerprint density at radius 3 is 2.20 bits per heavy atom. The zero-order valence-electron chi connectivity index (χ0n) is 14.2. The Bertz CT molecular complexity index is 724. The van der Waals surface area contributed by atoms with Crippen LogP contribution in [0.1, 0.15) is 35.6 Å². The van der Waals surface area contributed by atoms with Crippen LogP contribution < -0.4 is 19.5 Å². The lowest BCUT2D eigenvalue weighted by Gasteiger charge is -2.18. The van der Waals surface area contributed by atoms with E-state index in [1.807, 2.05) is 0 Å². The van der Waals surface area contributed by atoms with E-state index in [9.17, 15) is 13.6 Å². The second kappa shape index (κ2) is 7.82. The van der Waals surface area contributed by atoms with Crippen molar-refractivity contribution < 1.29 is 27.8 Å². The van der Waals surface area contributed by atoms with Crippen molar-refractivity contribution in [1.82, 2.24) is 15.1 Å². The molecular weight excluding hydrogens is 336 g/mol. The molecule has 0 saturated carbocycles. The van der Waals surface area contributed by atoms with Crippen molar-refractivity contribution in [2.75, 3.05) is 21.3 Å². The van der Waals surface area contributed by atoms with Gasteiger partial charge < -0.3 is 19.5 Å². The van der Waals surface area contributed by atoms with E-state index in [0.29, 0.717) is 27.5 Å². The van der Waals surface area contributed by atoms with Crippen molar-refractivity contribution >= 4 is 5.91 Å². The van der Waals surface area contributed by atoms with Crippen LogP contribution in [-0.2, 0) is 0 Å². The molecule has 0 radical (unpaired) electrons. The maximum Gasteiger partial charge on any atom is 0.333 e. The number of nitrogens with zero attached hydrogens (tertiary/aromatic N) is 2. The van der Waals surface area contributed by atoms with Gasteiger partial charge in [-0.05, 0) is 30.7 Å². The predicted molar refractivity (Wildman–Crippen MR) is 85.5 cm³/mol. The molecule has 7 nitrogen and oxygen atoms in total. The predicted octanol–water partition coefficient (Wildman–Crippen LogP) is 2.80. The molecule has 1 aromatic carbocycles. The Morgan fingerprint density at radius 2 is 1.76 bits per heavy atom. The van der Waals surface area contributed by atoms with Gasteiger partial charge in [-0.2, -0.15) is 13.9 Å². The van der Waals surface area contributed by atoms with Crippen molar-refractivity contribution in [2.45, 2.75) is 19.5 Å². The fourth-order valence-electron chi connectivity index (χ4n) is 2.27. The summed E-state index contributed by atoms with van der Waals surface area (Å²) < 4.78 is 41.3. The van der Waals surface area contributed by atoms with Crippen LogP contribution in [-0.4, -0.2) is 37.0 Å². The van der Waals surface area contributed by atoms with Crippen LogP contribution in [0.2, 0.25) is 0 Å². The molecule has 136 valence electrons. The lowest BCUT2D eigenvalue weighted by atomic mass is 10.1. The van der Waals surface area contributed by atoms with Gasteiger partial charge in [-0.25, -0.2) is 4.68 Å². The van der Waals surface area contributed by atoms with Gasteiger partial charge in [0.15, 0.2) is 11.5 Å². The topological polar surface area (TPSA) is 74.6 Å². The minimum atomic E-state index is -2.80. The van der Waals surface area contributed by atoms with Gasteiger partial charge in [0.1, 0.15) is 5.69 Å². The summed E-state index contributed by atoms with van der Waals surface area (Å²) in [6.07, 6.45) is 1.05. The van der Waals surface area contributed by atoms with Gasteiger partial charge in [-0.3, -0.25) is 4.79 Å². The van der Waals surface area contributed by atoms with E-state index in [0.717, 1.165) is 6.20 Å². The first-order valence-corrected chi connectivity index (χ1v) is 7.35. The van der Waals surface area contributed by atoms with Crippen LogP contribution >= 0.6 is 0 Å². The molecule has 2 aromatic rings. The van der Waals surface area contributed by atoms with Gasteiger partial charge >= 0.3 is 6.55 Å². The number of benzene rings is 1. The normalized spacial score (nSPS) is 12.0. The van der Waals surface area contributed by atoms with Crippen molar-refractivity contribution in [3.05, 3.63) is 35.7 Å². The fraction of sp³-hybridized carbons (Fsp3) is 0.375. The maximum atomic E-state index is 12.5. The highest BCUT2D eigenvalue weighted by Gasteiger charge is 2.19. The minimum absolute atomic E-state index is 0.0976. The smallest absolute Gasteiger partial charge is 0.333 e. The number of hydrogen-bond donors (Lipinski definition) is 1. The zero-order valence-corrected chi connectivity index (χ0v) is 14.2. The third kappa shape index (κ3) is 3.98. The summed E-state index contributed by atoms with van der Waals surface area (Å²) in [6, 6.07) is 4.18. The highest BCUT2D eigenvalue weighted by Crippen LogP contribution is 2.39. The highest BCUT2D eigenvalue weighted by atomic mass is 19.3. The first kappa shape index (κ1) is 18.5. The summed E-state index contributed by atoms with van der Waals surface area (Å²) in [5, 5.41) is 6.23. The Kier molecular flexibility index (Phi) is 5.79. The maximum absolute atomic E-state index is 12.5. The number of rotatable bonds is 7. The third-order valence-electron chi connectivity index (χ3n) is 3.58. The molecule has 25 heavy (non-hydrogen) atoms.